The molecule has 0 saturated carbocycles. The summed E-state index contributed by atoms with van der Waals surface area (Å²) in [4.78, 5) is 4.38. The quantitative estimate of drug-likeness (QED) is 0.200. The van der Waals surface area contributed by atoms with Crippen LogP contribution in [0.15, 0.2) is 51.6 Å². The highest BCUT2D eigenvalue weighted by Gasteiger charge is 2.18. The predicted molar refractivity (Wildman–Crippen MR) is 128 cm³/mol. The van der Waals surface area contributed by atoms with E-state index in [0.29, 0.717) is 5.92 Å². The molecule has 0 aromatic carbocycles. The Balaban J connectivity index is 2.23. The fraction of sp³-hybridized carbons (Fsp3) is 0.654. The highest BCUT2D eigenvalue weighted by Crippen LogP contribution is 2.21. The summed E-state index contributed by atoms with van der Waals surface area (Å²) >= 11 is 0. The van der Waals surface area contributed by atoms with Crippen LogP contribution in [0.1, 0.15) is 98.8 Å². The first-order chi connectivity index (χ1) is 13.9. The molecule has 0 spiro atoms. The van der Waals surface area contributed by atoms with Crippen LogP contribution in [0.3, 0.4) is 0 Å². The van der Waals surface area contributed by atoms with Gasteiger partial charge in [0, 0.05) is 12.5 Å². The van der Waals surface area contributed by atoms with Crippen molar-refractivity contribution >= 4 is 5.84 Å². The smallest absolute Gasteiger partial charge is 0.123 e. The second-order valence-corrected chi connectivity index (χ2v) is 8.84. The van der Waals surface area contributed by atoms with Gasteiger partial charge in [-0.15, -0.1) is 0 Å². The fourth-order valence-corrected chi connectivity index (χ4v) is 3.71. The lowest BCUT2D eigenvalue weighted by molar-refractivity contribution is 0.222. The number of hydrogen-bond acceptors (Lipinski definition) is 3. The van der Waals surface area contributed by atoms with Crippen molar-refractivity contribution in [1.82, 2.24) is 5.48 Å². The van der Waals surface area contributed by atoms with Crippen molar-refractivity contribution in [2.24, 2.45) is 10.9 Å². The van der Waals surface area contributed by atoms with Crippen molar-refractivity contribution in [2.75, 3.05) is 6.54 Å². The molecule has 164 valence electrons. The largest absolute Gasteiger partial charge is 0.290 e. The predicted octanol–water partition coefficient (Wildman–Crippen LogP) is 7.70. The number of unbranched alkanes of at least 4 members (excludes halogenated alkanes) is 1. The van der Waals surface area contributed by atoms with Crippen molar-refractivity contribution in [3.63, 3.8) is 0 Å². The van der Waals surface area contributed by atoms with E-state index in [4.69, 9.17) is 0 Å². The molecule has 3 nitrogen and oxygen atoms in total. The average Bonchev–Trinajstić information content (AvgIpc) is 2.69. The van der Waals surface area contributed by atoms with Gasteiger partial charge in [0.25, 0.3) is 0 Å². The Morgan fingerprint density at radius 3 is 2.00 bits per heavy atom. The van der Waals surface area contributed by atoms with E-state index in [1.807, 2.05) is 0 Å². The zero-order valence-electron chi connectivity index (χ0n) is 19.6. The molecule has 0 amide bonds. The fourth-order valence-electron chi connectivity index (χ4n) is 3.71. The minimum absolute atomic E-state index is 0.387. The number of aliphatic imine (C=N–C) groups is 1. The lowest BCUT2D eigenvalue weighted by atomic mass is 9.92. The van der Waals surface area contributed by atoms with Gasteiger partial charge in [0.15, 0.2) is 0 Å². The van der Waals surface area contributed by atoms with E-state index >= 15 is 0 Å². The van der Waals surface area contributed by atoms with E-state index in [1.54, 1.807) is 0 Å². The van der Waals surface area contributed by atoms with Crippen molar-refractivity contribution in [3.8, 4) is 0 Å². The van der Waals surface area contributed by atoms with Crippen molar-refractivity contribution < 1.29 is 5.21 Å². The monoisotopic (exact) mass is 400 g/mol. The average molecular weight is 401 g/mol. The Morgan fingerprint density at radius 1 is 0.862 bits per heavy atom. The minimum atomic E-state index is 0.387. The second-order valence-electron chi connectivity index (χ2n) is 8.84. The van der Waals surface area contributed by atoms with E-state index in [2.05, 4.69) is 69.4 Å². The first-order valence-electron chi connectivity index (χ1n) is 11.5. The van der Waals surface area contributed by atoms with Crippen LogP contribution in [0, 0.1) is 5.92 Å². The summed E-state index contributed by atoms with van der Waals surface area (Å²) in [6.07, 6.45) is 20.8. The van der Waals surface area contributed by atoms with Crippen LogP contribution in [0.2, 0.25) is 0 Å². The Labute approximate surface area is 179 Å². The van der Waals surface area contributed by atoms with Crippen molar-refractivity contribution in [1.29, 1.82) is 0 Å². The third-order valence-corrected chi connectivity index (χ3v) is 5.66. The molecule has 0 radical (unpaired) electrons. The van der Waals surface area contributed by atoms with Gasteiger partial charge in [-0.25, -0.2) is 0 Å². The number of amidine groups is 1. The summed E-state index contributed by atoms with van der Waals surface area (Å²) in [6.45, 7) is 11.9. The maximum absolute atomic E-state index is 9.19. The molecular formula is C26H44N2O. The van der Waals surface area contributed by atoms with Gasteiger partial charge in [0.05, 0.1) is 0 Å². The molecule has 0 aromatic heterocycles. The third-order valence-electron chi connectivity index (χ3n) is 5.66. The van der Waals surface area contributed by atoms with Crippen LogP contribution in [0.25, 0.3) is 0 Å². The zero-order valence-corrected chi connectivity index (χ0v) is 19.6. The van der Waals surface area contributed by atoms with Crippen molar-refractivity contribution in [3.05, 3.63) is 46.6 Å². The van der Waals surface area contributed by atoms with E-state index in [9.17, 15) is 5.21 Å². The molecule has 0 aromatic rings. The first kappa shape index (κ1) is 25.4. The number of hydrogen-bond donors (Lipinski definition) is 2. The van der Waals surface area contributed by atoms with Gasteiger partial charge in [-0.3, -0.25) is 15.7 Å². The number of hydroxylamine groups is 1. The van der Waals surface area contributed by atoms with E-state index in [1.165, 1.54) is 35.1 Å². The molecule has 0 saturated heterocycles. The van der Waals surface area contributed by atoms with Gasteiger partial charge in [-0.05, 0) is 98.8 Å². The molecule has 1 aliphatic heterocycles. The van der Waals surface area contributed by atoms with Crippen LogP contribution >= 0.6 is 0 Å². The normalized spacial score (nSPS) is 18.5. The summed E-state index contributed by atoms with van der Waals surface area (Å²) in [5, 5.41) is 9.19. The summed E-state index contributed by atoms with van der Waals surface area (Å²) in [6, 6.07) is 0. The lowest BCUT2D eigenvalue weighted by Crippen LogP contribution is -2.31. The second kappa shape index (κ2) is 15.3. The molecule has 0 aliphatic carbocycles. The molecule has 0 fully saturated rings. The molecule has 1 rings (SSSR count). The van der Waals surface area contributed by atoms with Gasteiger partial charge in [0.2, 0.25) is 0 Å². The molecule has 2 N–H and O–H groups in total. The lowest BCUT2D eigenvalue weighted by Gasteiger charge is -2.22. The van der Waals surface area contributed by atoms with Crippen LogP contribution in [0.5, 0.6) is 0 Å². The Hall–Kier alpha value is -1.61. The summed E-state index contributed by atoms with van der Waals surface area (Å²) in [5.41, 5.74) is 8.17. The molecule has 1 atom stereocenters. The summed E-state index contributed by atoms with van der Waals surface area (Å²) in [7, 11) is 0. The van der Waals surface area contributed by atoms with Crippen LogP contribution in [-0.4, -0.2) is 17.6 Å². The molecule has 0 unspecified atom stereocenters. The molecule has 3 heteroatoms. The summed E-state index contributed by atoms with van der Waals surface area (Å²) in [5.74, 6) is 1.17. The molecule has 0 bridgehead atoms. The van der Waals surface area contributed by atoms with Gasteiger partial charge >= 0.3 is 0 Å². The number of rotatable bonds is 12. The molecular weight excluding hydrogens is 356 g/mol. The third kappa shape index (κ3) is 12.5. The maximum atomic E-state index is 9.19. The first-order valence-corrected chi connectivity index (χ1v) is 11.5. The number of nitrogens with one attached hydrogen (secondary N) is 1. The number of nitrogens with zero attached hydrogens (tertiary/aromatic N) is 1. The van der Waals surface area contributed by atoms with Crippen LogP contribution in [0.4, 0.5) is 0 Å². The SMILES string of the molecule is CC(C)=CCC/C(C)=C/CC/C(C)=C/CC/C=C(\C)CC[C@H]1CCCN=C1NO. The standard InChI is InChI=1S/C26H44N2O/c1-21(2)11-8-14-23(4)16-9-15-22(3)12-6-7-13-24(5)18-19-25-17-10-20-27-26(25)28-29/h11-13,16,25,29H,6-10,14-15,17-20H2,1-5H3,(H,27,28)/b22-12+,23-16+,24-13+/t25-/m1/s1. The Morgan fingerprint density at radius 2 is 1.41 bits per heavy atom. The highest BCUT2D eigenvalue weighted by molar-refractivity contribution is 5.84. The van der Waals surface area contributed by atoms with Gasteiger partial charge in [0.1, 0.15) is 5.84 Å². The van der Waals surface area contributed by atoms with Gasteiger partial charge in [-0.2, -0.15) is 0 Å². The Bertz CT molecular complexity index is 619. The van der Waals surface area contributed by atoms with E-state index in [-0.39, 0.29) is 0 Å². The van der Waals surface area contributed by atoms with E-state index in [0.717, 1.165) is 63.7 Å². The molecule has 29 heavy (non-hydrogen) atoms. The molecule has 1 heterocycles. The maximum Gasteiger partial charge on any atom is 0.123 e. The van der Waals surface area contributed by atoms with Gasteiger partial charge < -0.3 is 0 Å². The number of allylic oxidation sites excluding steroid dienone is 8. The zero-order chi connectivity index (χ0) is 21.5. The topological polar surface area (TPSA) is 44.6 Å². The van der Waals surface area contributed by atoms with Crippen molar-refractivity contribution in [2.45, 2.75) is 98.8 Å². The Kier molecular flexibility index (Phi) is 13.4. The van der Waals surface area contributed by atoms with E-state index < -0.39 is 0 Å². The summed E-state index contributed by atoms with van der Waals surface area (Å²) < 4.78 is 0. The van der Waals surface area contributed by atoms with Crippen LogP contribution in [-0.2, 0) is 0 Å². The van der Waals surface area contributed by atoms with Crippen LogP contribution < -0.4 is 5.48 Å². The highest BCUT2D eigenvalue weighted by atomic mass is 16.5. The van der Waals surface area contributed by atoms with Gasteiger partial charge in [-0.1, -0.05) is 46.6 Å². The minimum Gasteiger partial charge on any atom is -0.290 e. The molecule has 1 aliphatic rings.